The number of methoxy groups -OCH3 is 1. The molecule has 2 heterocycles. The van der Waals surface area contributed by atoms with Crippen LogP contribution in [0.1, 0.15) is 25.5 Å². The Bertz CT molecular complexity index is 1480. The van der Waals surface area contributed by atoms with Crippen molar-refractivity contribution in [2.24, 2.45) is 0 Å². The molecule has 0 radical (unpaired) electrons. The quantitative estimate of drug-likeness (QED) is 0.353. The van der Waals surface area contributed by atoms with E-state index in [1.807, 2.05) is 37.3 Å². The number of ether oxygens (including phenoxy) is 2. The average molecular weight is 500 g/mol. The van der Waals surface area contributed by atoms with Crippen LogP contribution >= 0.6 is 0 Å². The zero-order valence-electron chi connectivity index (χ0n) is 20.7. The molecule has 5 rings (SSSR count). The van der Waals surface area contributed by atoms with E-state index in [0.29, 0.717) is 46.7 Å². The maximum atomic E-state index is 15.2. The number of hydrogen-bond donors (Lipinski definition) is 2. The number of anilines is 2. The standard InChI is InChI=1S/C28H26FN5O3/c1-4-37-19-15-13-18(14-16-19)26-32-28-30-17(2)24(27(35)31-22-11-7-8-12-23(22)36-3)25(34(28)33-26)20-9-5-6-10-21(20)29/h5-16,25H,4H2,1-3H3,(H,31,35)(H,30,32,33). The van der Waals surface area contributed by atoms with Crippen molar-refractivity contribution in [1.82, 2.24) is 14.8 Å². The topological polar surface area (TPSA) is 90.3 Å². The molecule has 4 aromatic rings. The smallest absolute Gasteiger partial charge is 0.255 e. The predicted octanol–water partition coefficient (Wildman–Crippen LogP) is 5.42. The molecule has 1 atom stereocenters. The fraction of sp³-hybridized carbons (Fsp3) is 0.179. The highest BCUT2D eigenvalue weighted by Crippen LogP contribution is 2.38. The highest BCUT2D eigenvalue weighted by atomic mass is 19.1. The minimum absolute atomic E-state index is 0.304. The molecule has 1 amide bonds. The van der Waals surface area contributed by atoms with Crippen LogP contribution in [0.25, 0.3) is 11.4 Å². The molecule has 0 saturated carbocycles. The van der Waals surface area contributed by atoms with Gasteiger partial charge in [-0.25, -0.2) is 9.07 Å². The second-order valence-electron chi connectivity index (χ2n) is 8.40. The number of amides is 1. The van der Waals surface area contributed by atoms with Crippen molar-refractivity contribution in [3.8, 4) is 22.9 Å². The van der Waals surface area contributed by atoms with Gasteiger partial charge in [-0.1, -0.05) is 30.3 Å². The van der Waals surface area contributed by atoms with E-state index in [1.165, 1.54) is 13.2 Å². The molecule has 9 heteroatoms. The van der Waals surface area contributed by atoms with E-state index in [9.17, 15) is 4.79 Å². The van der Waals surface area contributed by atoms with Crippen molar-refractivity contribution < 1.29 is 18.7 Å². The molecule has 0 saturated heterocycles. The lowest BCUT2D eigenvalue weighted by molar-refractivity contribution is -0.113. The number of benzene rings is 3. The molecular formula is C28H26FN5O3. The van der Waals surface area contributed by atoms with Crippen LogP contribution in [0.5, 0.6) is 11.5 Å². The number of nitrogens with zero attached hydrogens (tertiary/aromatic N) is 3. The minimum atomic E-state index is -0.851. The Kier molecular flexibility index (Phi) is 6.59. The molecule has 188 valence electrons. The third kappa shape index (κ3) is 4.63. The molecule has 0 spiro atoms. The average Bonchev–Trinajstić information content (AvgIpc) is 3.33. The number of hydrogen-bond acceptors (Lipinski definition) is 6. The molecule has 1 unspecified atom stereocenters. The van der Waals surface area contributed by atoms with Gasteiger partial charge in [0.25, 0.3) is 5.91 Å². The van der Waals surface area contributed by atoms with E-state index in [2.05, 4.69) is 15.6 Å². The first kappa shape index (κ1) is 24.1. The van der Waals surface area contributed by atoms with E-state index in [1.54, 1.807) is 48.0 Å². The monoisotopic (exact) mass is 499 g/mol. The Balaban J connectivity index is 1.58. The number of nitrogens with one attached hydrogen (secondary N) is 2. The molecule has 0 fully saturated rings. The molecular weight excluding hydrogens is 473 g/mol. The molecule has 8 nitrogen and oxygen atoms in total. The van der Waals surface area contributed by atoms with Crippen molar-refractivity contribution in [3.63, 3.8) is 0 Å². The summed E-state index contributed by atoms with van der Waals surface area (Å²) >= 11 is 0. The van der Waals surface area contributed by atoms with Crippen LogP contribution in [-0.2, 0) is 4.79 Å². The molecule has 1 aliphatic rings. The first-order valence-corrected chi connectivity index (χ1v) is 11.9. The highest BCUT2D eigenvalue weighted by molar-refractivity contribution is 6.06. The number of aromatic nitrogens is 3. The SMILES string of the molecule is CCOc1ccc(-c2nc3n(n2)C(c2ccccc2F)C(C(=O)Nc2ccccc2OC)=C(C)N3)cc1. The largest absolute Gasteiger partial charge is 0.495 e. The van der Waals surface area contributed by atoms with Gasteiger partial charge >= 0.3 is 0 Å². The van der Waals surface area contributed by atoms with Crippen LogP contribution in [0.4, 0.5) is 16.0 Å². The van der Waals surface area contributed by atoms with Gasteiger partial charge in [-0.05, 0) is 56.3 Å². The molecule has 2 N–H and O–H groups in total. The fourth-order valence-electron chi connectivity index (χ4n) is 4.36. The van der Waals surface area contributed by atoms with Crippen LogP contribution in [0, 0.1) is 5.82 Å². The van der Waals surface area contributed by atoms with Crippen LogP contribution in [-0.4, -0.2) is 34.4 Å². The van der Waals surface area contributed by atoms with Gasteiger partial charge in [0.05, 0.1) is 25.0 Å². The number of allylic oxidation sites excluding steroid dienone is 1. The van der Waals surface area contributed by atoms with Crippen LogP contribution in [0.15, 0.2) is 84.1 Å². The summed E-state index contributed by atoms with van der Waals surface area (Å²) in [5.41, 5.74) is 2.42. The molecule has 1 aliphatic heterocycles. The van der Waals surface area contributed by atoms with E-state index in [4.69, 9.17) is 14.6 Å². The summed E-state index contributed by atoms with van der Waals surface area (Å²) in [7, 11) is 1.53. The normalized spacial score (nSPS) is 14.5. The van der Waals surface area contributed by atoms with Crippen molar-refractivity contribution in [1.29, 1.82) is 0 Å². The maximum absolute atomic E-state index is 15.2. The summed E-state index contributed by atoms with van der Waals surface area (Å²) < 4.78 is 27.6. The van der Waals surface area contributed by atoms with Gasteiger partial charge in [0.2, 0.25) is 5.95 Å². The van der Waals surface area contributed by atoms with Crippen molar-refractivity contribution in [3.05, 3.63) is 95.4 Å². The Hall–Kier alpha value is -4.66. The number of fused-ring (bicyclic) bond motifs is 1. The zero-order chi connectivity index (χ0) is 25.9. The predicted molar refractivity (Wildman–Crippen MR) is 139 cm³/mol. The second-order valence-corrected chi connectivity index (χ2v) is 8.40. The summed E-state index contributed by atoms with van der Waals surface area (Å²) in [5, 5.41) is 10.8. The Morgan fingerprint density at radius 2 is 1.81 bits per heavy atom. The van der Waals surface area contributed by atoms with Gasteiger partial charge in [-0.3, -0.25) is 4.79 Å². The van der Waals surface area contributed by atoms with E-state index in [-0.39, 0.29) is 0 Å². The van der Waals surface area contributed by atoms with E-state index < -0.39 is 17.8 Å². The van der Waals surface area contributed by atoms with Crippen LogP contribution < -0.4 is 20.1 Å². The van der Waals surface area contributed by atoms with Crippen molar-refractivity contribution in [2.75, 3.05) is 24.4 Å². The van der Waals surface area contributed by atoms with E-state index >= 15 is 4.39 Å². The fourth-order valence-corrected chi connectivity index (χ4v) is 4.36. The first-order valence-electron chi connectivity index (χ1n) is 11.9. The Morgan fingerprint density at radius 3 is 2.54 bits per heavy atom. The molecule has 3 aromatic carbocycles. The Labute approximate surface area is 213 Å². The number of rotatable bonds is 7. The lowest BCUT2D eigenvalue weighted by atomic mass is 9.94. The minimum Gasteiger partial charge on any atom is -0.495 e. The van der Waals surface area contributed by atoms with Gasteiger partial charge in [0.1, 0.15) is 23.4 Å². The van der Waals surface area contributed by atoms with Crippen molar-refractivity contribution >= 4 is 17.5 Å². The number of halogens is 1. The number of para-hydroxylation sites is 2. The van der Waals surface area contributed by atoms with Gasteiger partial charge in [-0.15, -0.1) is 5.10 Å². The van der Waals surface area contributed by atoms with Gasteiger partial charge in [0, 0.05) is 16.8 Å². The summed E-state index contributed by atoms with van der Waals surface area (Å²) in [4.78, 5) is 18.3. The maximum Gasteiger partial charge on any atom is 0.255 e. The third-order valence-corrected chi connectivity index (χ3v) is 6.08. The highest BCUT2D eigenvalue weighted by Gasteiger charge is 2.36. The Morgan fingerprint density at radius 1 is 1.08 bits per heavy atom. The van der Waals surface area contributed by atoms with Crippen molar-refractivity contribution in [2.45, 2.75) is 19.9 Å². The van der Waals surface area contributed by atoms with Gasteiger partial charge < -0.3 is 20.1 Å². The molecule has 0 aliphatic carbocycles. The number of carbonyl (C=O) groups excluding carboxylic acids is 1. The van der Waals surface area contributed by atoms with Crippen LogP contribution in [0.2, 0.25) is 0 Å². The third-order valence-electron chi connectivity index (χ3n) is 6.08. The molecule has 37 heavy (non-hydrogen) atoms. The summed E-state index contributed by atoms with van der Waals surface area (Å²) in [6.07, 6.45) is 0. The summed E-state index contributed by atoms with van der Waals surface area (Å²) in [6.45, 7) is 4.25. The van der Waals surface area contributed by atoms with E-state index in [0.717, 1.165) is 11.3 Å². The lowest BCUT2D eigenvalue weighted by Gasteiger charge is -2.29. The van der Waals surface area contributed by atoms with Crippen LogP contribution in [0.3, 0.4) is 0 Å². The molecule has 1 aromatic heterocycles. The van der Waals surface area contributed by atoms with Gasteiger partial charge in [-0.2, -0.15) is 4.98 Å². The zero-order valence-corrected chi connectivity index (χ0v) is 20.7. The number of carbonyl (C=O) groups is 1. The summed E-state index contributed by atoms with van der Waals surface area (Å²) in [5.74, 6) is 1.24. The lowest BCUT2D eigenvalue weighted by Crippen LogP contribution is -2.32. The first-order chi connectivity index (χ1) is 18.0. The molecule has 0 bridgehead atoms. The van der Waals surface area contributed by atoms with Gasteiger partial charge in [0.15, 0.2) is 5.82 Å². The second kappa shape index (κ2) is 10.1. The summed E-state index contributed by atoms with van der Waals surface area (Å²) in [6, 6.07) is 20.0.